The van der Waals surface area contributed by atoms with Gasteiger partial charge in [0.15, 0.2) is 0 Å². The maximum atomic E-state index is 11.3. The number of amides is 1. The van der Waals surface area contributed by atoms with Crippen LogP contribution in [0.15, 0.2) is 18.2 Å². The Labute approximate surface area is 113 Å². The molecule has 0 saturated heterocycles. The van der Waals surface area contributed by atoms with E-state index < -0.39 is 0 Å². The molecule has 1 atom stereocenters. The Morgan fingerprint density at radius 1 is 1.42 bits per heavy atom. The molecule has 1 aliphatic heterocycles. The number of aryl methyl sites for hydroxylation is 1. The van der Waals surface area contributed by atoms with Crippen LogP contribution in [0.4, 0.5) is 5.69 Å². The average Bonchev–Trinajstić information content (AvgIpc) is 2.43. The molecule has 0 saturated carbocycles. The van der Waals surface area contributed by atoms with E-state index >= 15 is 0 Å². The Kier molecular flexibility index (Phi) is 4.76. The molecule has 1 aromatic rings. The molecule has 0 radical (unpaired) electrons. The zero-order chi connectivity index (χ0) is 13.7. The number of benzene rings is 1. The first-order valence-electron chi connectivity index (χ1n) is 6.60. The summed E-state index contributed by atoms with van der Waals surface area (Å²) in [5, 5.41) is 2.84. The standard InChI is InChI=1S/C14H20N2O3/c1-2-18-12(8-15)9-19-11-4-5-13-10(7-11)3-6-14(17)16-13/h4-5,7,12H,2-3,6,8-9,15H2,1H3,(H,16,17). The quantitative estimate of drug-likeness (QED) is 0.812. The summed E-state index contributed by atoms with van der Waals surface area (Å²) < 4.78 is 11.1. The number of fused-ring (bicyclic) bond motifs is 1. The van der Waals surface area contributed by atoms with Gasteiger partial charge in [-0.15, -0.1) is 0 Å². The van der Waals surface area contributed by atoms with Crippen molar-refractivity contribution < 1.29 is 14.3 Å². The van der Waals surface area contributed by atoms with Gasteiger partial charge in [0, 0.05) is 25.3 Å². The predicted molar refractivity (Wildman–Crippen MR) is 73.4 cm³/mol. The number of hydrogen-bond donors (Lipinski definition) is 2. The minimum atomic E-state index is -0.0827. The molecule has 2 rings (SSSR count). The smallest absolute Gasteiger partial charge is 0.224 e. The third kappa shape index (κ3) is 3.68. The fourth-order valence-corrected chi connectivity index (χ4v) is 2.06. The lowest BCUT2D eigenvalue weighted by molar-refractivity contribution is -0.116. The van der Waals surface area contributed by atoms with Crippen LogP contribution in [0.5, 0.6) is 5.75 Å². The Balaban J connectivity index is 1.96. The molecule has 5 heteroatoms. The molecule has 5 nitrogen and oxygen atoms in total. The SMILES string of the molecule is CCOC(CN)COc1ccc2c(c1)CCC(=O)N2. The second-order valence-electron chi connectivity index (χ2n) is 4.49. The van der Waals surface area contributed by atoms with Crippen molar-refractivity contribution >= 4 is 11.6 Å². The number of nitrogens with two attached hydrogens (primary N) is 1. The normalized spacial score (nSPS) is 15.6. The number of anilines is 1. The van der Waals surface area contributed by atoms with Gasteiger partial charge in [0.25, 0.3) is 0 Å². The van der Waals surface area contributed by atoms with Crippen molar-refractivity contribution in [1.82, 2.24) is 0 Å². The van der Waals surface area contributed by atoms with E-state index in [0.717, 1.165) is 23.4 Å². The fourth-order valence-electron chi connectivity index (χ4n) is 2.06. The minimum Gasteiger partial charge on any atom is -0.491 e. The highest BCUT2D eigenvalue weighted by atomic mass is 16.5. The van der Waals surface area contributed by atoms with Gasteiger partial charge in [0.2, 0.25) is 5.91 Å². The molecule has 0 spiro atoms. The molecule has 0 aliphatic carbocycles. The van der Waals surface area contributed by atoms with Gasteiger partial charge < -0.3 is 20.5 Å². The van der Waals surface area contributed by atoms with Gasteiger partial charge >= 0.3 is 0 Å². The molecule has 3 N–H and O–H groups in total. The molecular formula is C14H20N2O3. The molecule has 0 bridgehead atoms. The third-order valence-electron chi connectivity index (χ3n) is 3.07. The van der Waals surface area contributed by atoms with Crippen molar-refractivity contribution in [3.63, 3.8) is 0 Å². The van der Waals surface area contributed by atoms with Crippen LogP contribution in [0.1, 0.15) is 18.9 Å². The summed E-state index contributed by atoms with van der Waals surface area (Å²) in [5.41, 5.74) is 7.58. The van der Waals surface area contributed by atoms with Crippen molar-refractivity contribution in [3.05, 3.63) is 23.8 Å². The van der Waals surface area contributed by atoms with Gasteiger partial charge in [-0.3, -0.25) is 4.79 Å². The average molecular weight is 264 g/mol. The van der Waals surface area contributed by atoms with Crippen LogP contribution in [-0.2, 0) is 16.0 Å². The van der Waals surface area contributed by atoms with Crippen molar-refractivity contribution in [2.24, 2.45) is 5.73 Å². The maximum absolute atomic E-state index is 11.3. The van der Waals surface area contributed by atoms with Gasteiger partial charge in [-0.2, -0.15) is 0 Å². The van der Waals surface area contributed by atoms with Crippen LogP contribution < -0.4 is 15.8 Å². The van der Waals surface area contributed by atoms with Gasteiger partial charge in [0.05, 0.1) is 0 Å². The number of carbonyl (C=O) groups is 1. The summed E-state index contributed by atoms with van der Waals surface area (Å²) in [5.74, 6) is 0.855. The lowest BCUT2D eigenvalue weighted by atomic mass is 10.0. The fraction of sp³-hybridized carbons (Fsp3) is 0.500. The van der Waals surface area contributed by atoms with E-state index in [1.165, 1.54) is 0 Å². The summed E-state index contributed by atoms with van der Waals surface area (Å²) in [4.78, 5) is 11.3. The lowest BCUT2D eigenvalue weighted by Gasteiger charge is -2.19. The second-order valence-corrected chi connectivity index (χ2v) is 4.49. The van der Waals surface area contributed by atoms with E-state index in [1.54, 1.807) is 0 Å². The van der Waals surface area contributed by atoms with Crippen LogP contribution in [-0.4, -0.2) is 31.8 Å². The van der Waals surface area contributed by atoms with E-state index in [9.17, 15) is 4.79 Å². The zero-order valence-electron chi connectivity index (χ0n) is 11.1. The summed E-state index contributed by atoms with van der Waals surface area (Å²) in [6.07, 6.45) is 1.20. The van der Waals surface area contributed by atoms with Crippen molar-refractivity contribution in [2.75, 3.05) is 25.1 Å². The van der Waals surface area contributed by atoms with E-state index in [1.807, 2.05) is 25.1 Å². The molecular weight excluding hydrogens is 244 g/mol. The van der Waals surface area contributed by atoms with E-state index in [0.29, 0.717) is 26.2 Å². The van der Waals surface area contributed by atoms with Crippen LogP contribution in [0.3, 0.4) is 0 Å². The second kappa shape index (κ2) is 6.54. The Hall–Kier alpha value is -1.59. The first-order chi connectivity index (χ1) is 9.22. The van der Waals surface area contributed by atoms with Crippen LogP contribution >= 0.6 is 0 Å². The minimum absolute atomic E-state index is 0.0701. The Bertz CT molecular complexity index is 448. The molecule has 19 heavy (non-hydrogen) atoms. The zero-order valence-corrected chi connectivity index (χ0v) is 11.1. The number of carbonyl (C=O) groups excluding carboxylic acids is 1. The van der Waals surface area contributed by atoms with E-state index in [2.05, 4.69) is 5.32 Å². The first-order valence-corrected chi connectivity index (χ1v) is 6.60. The monoisotopic (exact) mass is 264 g/mol. The van der Waals surface area contributed by atoms with Crippen molar-refractivity contribution in [3.8, 4) is 5.75 Å². The number of nitrogens with one attached hydrogen (secondary N) is 1. The van der Waals surface area contributed by atoms with Crippen molar-refractivity contribution in [1.29, 1.82) is 0 Å². The highest BCUT2D eigenvalue weighted by Crippen LogP contribution is 2.26. The van der Waals surface area contributed by atoms with Gasteiger partial charge in [-0.05, 0) is 37.1 Å². The third-order valence-corrected chi connectivity index (χ3v) is 3.07. The molecule has 1 heterocycles. The summed E-state index contributed by atoms with van der Waals surface area (Å²) >= 11 is 0. The molecule has 0 aromatic heterocycles. The summed E-state index contributed by atoms with van der Waals surface area (Å²) in [6, 6.07) is 5.69. The molecule has 1 aromatic carbocycles. The van der Waals surface area contributed by atoms with Crippen LogP contribution in [0.25, 0.3) is 0 Å². The van der Waals surface area contributed by atoms with Crippen LogP contribution in [0.2, 0.25) is 0 Å². The van der Waals surface area contributed by atoms with Gasteiger partial charge in [-0.1, -0.05) is 0 Å². The Morgan fingerprint density at radius 3 is 3.00 bits per heavy atom. The Morgan fingerprint density at radius 2 is 2.26 bits per heavy atom. The first kappa shape index (κ1) is 13.8. The molecule has 0 fully saturated rings. The van der Waals surface area contributed by atoms with E-state index in [4.69, 9.17) is 15.2 Å². The van der Waals surface area contributed by atoms with Crippen molar-refractivity contribution in [2.45, 2.75) is 25.9 Å². The highest BCUT2D eigenvalue weighted by Gasteiger charge is 2.15. The maximum Gasteiger partial charge on any atom is 0.224 e. The summed E-state index contributed by atoms with van der Waals surface area (Å²) in [6.45, 7) is 3.44. The van der Waals surface area contributed by atoms with Gasteiger partial charge in [0.1, 0.15) is 18.5 Å². The van der Waals surface area contributed by atoms with Gasteiger partial charge in [-0.25, -0.2) is 0 Å². The number of rotatable bonds is 6. The molecule has 1 aliphatic rings. The summed E-state index contributed by atoms with van der Waals surface area (Å²) in [7, 11) is 0. The molecule has 1 amide bonds. The van der Waals surface area contributed by atoms with E-state index in [-0.39, 0.29) is 12.0 Å². The number of hydrogen-bond acceptors (Lipinski definition) is 4. The highest BCUT2D eigenvalue weighted by molar-refractivity contribution is 5.93. The van der Waals surface area contributed by atoms with Crippen LogP contribution in [0, 0.1) is 0 Å². The lowest BCUT2D eigenvalue weighted by Crippen LogP contribution is -2.30. The number of ether oxygens (including phenoxy) is 2. The largest absolute Gasteiger partial charge is 0.491 e. The topological polar surface area (TPSA) is 73.6 Å². The predicted octanol–water partition coefficient (Wildman–Crippen LogP) is 1.31. The molecule has 1 unspecified atom stereocenters. The molecule has 104 valence electrons.